The van der Waals surface area contributed by atoms with Crippen molar-refractivity contribution in [1.82, 2.24) is 10.2 Å². The molecule has 2 aromatic rings. The molecule has 0 aliphatic rings. The summed E-state index contributed by atoms with van der Waals surface area (Å²) in [5, 5.41) is 2.88. The van der Waals surface area contributed by atoms with E-state index < -0.39 is 6.04 Å². The minimum Gasteiger partial charge on any atom is -0.355 e. The standard InChI is InChI=1S/C24H32N2O2/c1-5-22(24(28)25-6-2)26(17-21-9-7-8-19(4)16-21)23(27)15-14-20-12-10-18(3)11-13-20/h7-13,16,22H,5-6,14-15,17H2,1-4H3,(H,25,28)/t22-/m1/s1. The molecule has 28 heavy (non-hydrogen) atoms. The highest BCUT2D eigenvalue weighted by Gasteiger charge is 2.28. The van der Waals surface area contributed by atoms with E-state index in [-0.39, 0.29) is 11.8 Å². The number of aryl methyl sites for hydroxylation is 3. The summed E-state index contributed by atoms with van der Waals surface area (Å²) in [7, 11) is 0. The Morgan fingerprint density at radius 3 is 2.29 bits per heavy atom. The van der Waals surface area contributed by atoms with Crippen molar-refractivity contribution in [3.8, 4) is 0 Å². The van der Waals surface area contributed by atoms with Crippen molar-refractivity contribution in [3.05, 3.63) is 70.8 Å². The Bertz CT molecular complexity index is 783. The van der Waals surface area contributed by atoms with E-state index in [2.05, 4.69) is 42.6 Å². The molecule has 0 saturated carbocycles. The largest absolute Gasteiger partial charge is 0.355 e. The Morgan fingerprint density at radius 2 is 1.68 bits per heavy atom. The Kier molecular flexibility index (Phi) is 8.24. The van der Waals surface area contributed by atoms with Gasteiger partial charge in [0.25, 0.3) is 0 Å². The molecule has 1 N–H and O–H groups in total. The number of nitrogens with one attached hydrogen (secondary N) is 1. The third-order valence-electron chi connectivity index (χ3n) is 4.92. The maximum absolute atomic E-state index is 13.1. The van der Waals surface area contributed by atoms with Crippen molar-refractivity contribution in [2.75, 3.05) is 6.54 Å². The molecule has 4 nitrogen and oxygen atoms in total. The zero-order valence-electron chi connectivity index (χ0n) is 17.5. The Labute approximate surface area is 169 Å². The first-order chi connectivity index (χ1) is 13.4. The van der Waals surface area contributed by atoms with Crippen LogP contribution in [0.4, 0.5) is 0 Å². The van der Waals surface area contributed by atoms with Crippen molar-refractivity contribution in [3.63, 3.8) is 0 Å². The first-order valence-electron chi connectivity index (χ1n) is 10.1. The second-order valence-corrected chi connectivity index (χ2v) is 7.31. The highest BCUT2D eigenvalue weighted by molar-refractivity contribution is 5.87. The van der Waals surface area contributed by atoms with Crippen LogP contribution in [0.3, 0.4) is 0 Å². The Morgan fingerprint density at radius 1 is 0.964 bits per heavy atom. The fourth-order valence-electron chi connectivity index (χ4n) is 3.37. The molecule has 0 aromatic heterocycles. The van der Waals surface area contributed by atoms with Gasteiger partial charge in [0.05, 0.1) is 0 Å². The van der Waals surface area contributed by atoms with Gasteiger partial charge in [-0.2, -0.15) is 0 Å². The van der Waals surface area contributed by atoms with Gasteiger partial charge in [0.15, 0.2) is 0 Å². The lowest BCUT2D eigenvalue weighted by atomic mass is 10.0. The van der Waals surface area contributed by atoms with Crippen molar-refractivity contribution in [2.45, 2.75) is 59.5 Å². The molecule has 2 aromatic carbocycles. The van der Waals surface area contributed by atoms with E-state index in [1.54, 1.807) is 4.90 Å². The summed E-state index contributed by atoms with van der Waals surface area (Å²) in [6.07, 6.45) is 1.66. The summed E-state index contributed by atoms with van der Waals surface area (Å²) < 4.78 is 0. The SMILES string of the molecule is CCNC(=O)[C@@H](CC)N(Cc1cccc(C)c1)C(=O)CCc1ccc(C)cc1. The quantitative estimate of drug-likeness (QED) is 0.709. The molecule has 0 aliphatic carbocycles. The summed E-state index contributed by atoms with van der Waals surface area (Å²) in [4.78, 5) is 27.5. The number of hydrogen-bond donors (Lipinski definition) is 1. The predicted molar refractivity (Wildman–Crippen MR) is 114 cm³/mol. The van der Waals surface area contributed by atoms with Gasteiger partial charge in [0.1, 0.15) is 6.04 Å². The Balaban J connectivity index is 2.18. The van der Waals surface area contributed by atoms with Gasteiger partial charge in [-0.15, -0.1) is 0 Å². The van der Waals surface area contributed by atoms with Crippen LogP contribution in [-0.2, 0) is 22.6 Å². The molecule has 0 fully saturated rings. The number of carbonyl (C=O) groups excluding carboxylic acids is 2. The highest BCUT2D eigenvalue weighted by Crippen LogP contribution is 2.16. The Hall–Kier alpha value is -2.62. The van der Waals surface area contributed by atoms with Gasteiger partial charge in [-0.25, -0.2) is 0 Å². The number of carbonyl (C=O) groups is 2. The van der Waals surface area contributed by atoms with E-state index >= 15 is 0 Å². The lowest BCUT2D eigenvalue weighted by molar-refractivity contribution is -0.141. The van der Waals surface area contributed by atoms with Gasteiger partial charge in [-0.05, 0) is 44.7 Å². The summed E-state index contributed by atoms with van der Waals surface area (Å²) >= 11 is 0. The average Bonchev–Trinajstić information content (AvgIpc) is 2.67. The second-order valence-electron chi connectivity index (χ2n) is 7.31. The molecule has 0 bridgehead atoms. The van der Waals surface area contributed by atoms with Crippen LogP contribution >= 0.6 is 0 Å². The first kappa shape index (κ1) is 21.7. The third-order valence-corrected chi connectivity index (χ3v) is 4.92. The zero-order valence-corrected chi connectivity index (χ0v) is 17.5. The maximum atomic E-state index is 13.1. The van der Waals surface area contributed by atoms with Gasteiger partial charge >= 0.3 is 0 Å². The van der Waals surface area contributed by atoms with Crippen molar-refractivity contribution in [2.24, 2.45) is 0 Å². The first-order valence-corrected chi connectivity index (χ1v) is 10.1. The van der Waals surface area contributed by atoms with E-state index in [4.69, 9.17) is 0 Å². The predicted octanol–water partition coefficient (Wildman–Crippen LogP) is 4.18. The smallest absolute Gasteiger partial charge is 0.242 e. The lowest BCUT2D eigenvalue weighted by Crippen LogP contribution is -2.49. The van der Waals surface area contributed by atoms with Crippen molar-refractivity contribution >= 4 is 11.8 Å². The van der Waals surface area contributed by atoms with Crippen LogP contribution in [0.2, 0.25) is 0 Å². The summed E-state index contributed by atoms with van der Waals surface area (Å²) in [5.74, 6) is -0.0680. The van der Waals surface area contributed by atoms with Gasteiger partial charge < -0.3 is 10.2 Å². The summed E-state index contributed by atoms with van der Waals surface area (Å²) in [6, 6.07) is 15.9. The van der Waals surface area contributed by atoms with E-state index in [1.807, 2.05) is 39.0 Å². The second kappa shape index (κ2) is 10.6. The van der Waals surface area contributed by atoms with Crippen LogP contribution in [0.5, 0.6) is 0 Å². The lowest BCUT2D eigenvalue weighted by Gasteiger charge is -2.30. The van der Waals surface area contributed by atoms with Crippen LogP contribution in [0.1, 0.15) is 48.9 Å². The van der Waals surface area contributed by atoms with Gasteiger partial charge in [-0.3, -0.25) is 9.59 Å². The van der Waals surface area contributed by atoms with Crippen molar-refractivity contribution < 1.29 is 9.59 Å². The third kappa shape index (κ3) is 6.22. The van der Waals surface area contributed by atoms with Crippen LogP contribution < -0.4 is 5.32 Å². The van der Waals surface area contributed by atoms with Crippen LogP contribution in [0.15, 0.2) is 48.5 Å². The maximum Gasteiger partial charge on any atom is 0.242 e. The van der Waals surface area contributed by atoms with E-state index in [9.17, 15) is 9.59 Å². The van der Waals surface area contributed by atoms with Gasteiger partial charge in [0.2, 0.25) is 11.8 Å². The molecule has 0 aliphatic heterocycles. The number of nitrogens with zero attached hydrogens (tertiary/aromatic N) is 1. The molecule has 2 amide bonds. The number of amides is 2. The normalized spacial score (nSPS) is 11.7. The van der Waals surface area contributed by atoms with E-state index in [1.165, 1.54) is 5.56 Å². The minimum atomic E-state index is -0.453. The molecule has 1 atom stereocenters. The molecular weight excluding hydrogens is 348 g/mol. The molecule has 0 saturated heterocycles. The summed E-state index contributed by atoms with van der Waals surface area (Å²) in [5.41, 5.74) is 4.54. The van der Waals surface area contributed by atoms with Crippen LogP contribution in [-0.4, -0.2) is 29.3 Å². The number of hydrogen-bond acceptors (Lipinski definition) is 2. The van der Waals surface area contributed by atoms with E-state index in [0.29, 0.717) is 32.4 Å². The molecule has 0 heterocycles. The molecule has 4 heteroatoms. The monoisotopic (exact) mass is 380 g/mol. The molecule has 150 valence electrons. The van der Waals surface area contributed by atoms with Gasteiger partial charge in [-0.1, -0.05) is 66.6 Å². The minimum absolute atomic E-state index is 0.0141. The molecule has 0 unspecified atom stereocenters. The van der Waals surface area contributed by atoms with E-state index in [0.717, 1.165) is 16.7 Å². The topological polar surface area (TPSA) is 49.4 Å². The molecule has 2 rings (SSSR count). The fourth-order valence-corrected chi connectivity index (χ4v) is 3.37. The molecule has 0 radical (unpaired) electrons. The van der Waals surface area contributed by atoms with Gasteiger partial charge in [0, 0.05) is 19.5 Å². The van der Waals surface area contributed by atoms with Crippen LogP contribution in [0.25, 0.3) is 0 Å². The van der Waals surface area contributed by atoms with Crippen molar-refractivity contribution in [1.29, 1.82) is 0 Å². The molecular formula is C24H32N2O2. The number of rotatable bonds is 9. The number of likely N-dealkylation sites (N-methyl/N-ethyl adjacent to an activating group) is 1. The highest BCUT2D eigenvalue weighted by atomic mass is 16.2. The van der Waals surface area contributed by atoms with Crippen LogP contribution in [0, 0.1) is 13.8 Å². The fraction of sp³-hybridized carbons (Fsp3) is 0.417. The number of benzene rings is 2. The average molecular weight is 381 g/mol. The molecule has 0 spiro atoms. The summed E-state index contributed by atoms with van der Waals surface area (Å²) in [6.45, 7) is 8.95. The zero-order chi connectivity index (χ0) is 20.5.